The summed E-state index contributed by atoms with van der Waals surface area (Å²) in [5.41, 5.74) is 0.919. The molecule has 0 aliphatic rings. The highest BCUT2D eigenvalue weighted by Gasteiger charge is 2.02. The average molecular weight is 281 g/mol. The number of rotatable bonds is 3. The van der Waals surface area contributed by atoms with Gasteiger partial charge in [-0.25, -0.2) is 4.98 Å². The van der Waals surface area contributed by atoms with Gasteiger partial charge in [-0.1, -0.05) is 18.2 Å². The van der Waals surface area contributed by atoms with Crippen molar-refractivity contribution in [2.45, 2.75) is 13.8 Å². The molecular formula is C12H13BrN2O. The van der Waals surface area contributed by atoms with E-state index in [1.54, 1.807) is 18.3 Å². The maximum atomic E-state index is 11.4. The lowest BCUT2D eigenvalue weighted by Gasteiger charge is -2.04. The van der Waals surface area contributed by atoms with Gasteiger partial charge >= 0.3 is 0 Å². The number of allylic oxidation sites excluding steroid dienone is 3. The Kier molecular flexibility index (Phi) is 4.92. The lowest BCUT2D eigenvalue weighted by Crippen LogP contribution is -2.10. The van der Waals surface area contributed by atoms with Crippen molar-refractivity contribution in [1.82, 2.24) is 4.98 Å². The molecule has 1 aromatic rings. The maximum Gasteiger partial charge on any atom is 0.249 e. The summed E-state index contributed by atoms with van der Waals surface area (Å²) in [6.45, 7) is 3.78. The molecule has 0 fully saturated rings. The van der Waals surface area contributed by atoms with Gasteiger partial charge in [0.25, 0.3) is 0 Å². The Labute approximate surface area is 103 Å². The van der Waals surface area contributed by atoms with E-state index in [1.165, 1.54) is 6.08 Å². The van der Waals surface area contributed by atoms with E-state index >= 15 is 0 Å². The van der Waals surface area contributed by atoms with Gasteiger partial charge in [-0.3, -0.25) is 4.79 Å². The van der Waals surface area contributed by atoms with Crippen molar-refractivity contribution < 1.29 is 4.79 Å². The lowest BCUT2D eigenvalue weighted by molar-refractivity contribution is -0.111. The van der Waals surface area contributed by atoms with Crippen LogP contribution in [0.3, 0.4) is 0 Å². The highest BCUT2D eigenvalue weighted by atomic mass is 79.9. The van der Waals surface area contributed by atoms with Crippen LogP contribution >= 0.6 is 15.9 Å². The number of pyridine rings is 1. The standard InChI is InChI=1S/C12H13BrN2O/c1-3-4-5-6-11(16)15-12-9(2)7-10(13)8-14-12/h3-8H,1-2H3,(H,14,15,16). The SMILES string of the molecule is CC=CC=CC(=O)Nc1ncc(Br)cc1C. The number of hydrogen-bond acceptors (Lipinski definition) is 2. The van der Waals surface area contributed by atoms with Gasteiger partial charge in [0, 0.05) is 16.7 Å². The Morgan fingerprint density at radius 3 is 2.88 bits per heavy atom. The molecule has 4 heteroatoms. The number of amides is 1. The summed E-state index contributed by atoms with van der Waals surface area (Å²) in [6, 6.07) is 1.90. The number of carbonyl (C=O) groups is 1. The molecule has 0 bridgehead atoms. The van der Waals surface area contributed by atoms with Gasteiger partial charge in [0.05, 0.1) is 0 Å². The molecule has 0 aliphatic carbocycles. The molecule has 0 aromatic carbocycles. The van der Waals surface area contributed by atoms with Gasteiger partial charge < -0.3 is 5.32 Å². The van der Waals surface area contributed by atoms with Gasteiger partial charge in [-0.05, 0) is 41.4 Å². The number of carbonyl (C=O) groups excluding carboxylic acids is 1. The Morgan fingerprint density at radius 1 is 1.50 bits per heavy atom. The van der Waals surface area contributed by atoms with E-state index in [1.807, 2.05) is 26.0 Å². The lowest BCUT2D eigenvalue weighted by atomic mass is 10.3. The highest BCUT2D eigenvalue weighted by molar-refractivity contribution is 9.10. The minimum Gasteiger partial charge on any atom is -0.307 e. The van der Waals surface area contributed by atoms with Crippen molar-refractivity contribution in [1.29, 1.82) is 0 Å². The second-order valence-corrected chi connectivity index (χ2v) is 4.11. The molecule has 0 spiro atoms. The molecule has 0 atom stereocenters. The molecule has 0 radical (unpaired) electrons. The molecule has 0 aliphatic heterocycles. The molecule has 16 heavy (non-hydrogen) atoms. The number of anilines is 1. The van der Waals surface area contributed by atoms with Crippen LogP contribution in [0.25, 0.3) is 0 Å². The largest absolute Gasteiger partial charge is 0.307 e. The van der Waals surface area contributed by atoms with Crippen molar-refractivity contribution in [2.75, 3.05) is 5.32 Å². The van der Waals surface area contributed by atoms with E-state index in [0.29, 0.717) is 5.82 Å². The van der Waals surface area contributed by atoms with E-state index in [2.05, 4.69) is 26.2 Å². The predicted octanol–water partition coefficient (Wildman–Crippen LogP) is 3.22. The molecule has 1 rings (SSSR count). The van der Waals surface area contributed by atoms with Crippen molar-refractivity contribution >= 4 is 27.7 Å². The number of halogens is 1. The maximum absolute atomic E-state index is 11.4. The summed E-state index contributed by atoms with van der Waals surface area (Å²) in [4.78, 5) is 15.6. The van der Waals surface area contributed by atoms with Crippen LogP contribution < -0.4 is 5.32 Å². The first kappa shape index (κ1) is 12.6. The zero-order chi connectivity index (χ0) is 12.0. The van der Waals surface area contributed by atoms with Crippen LogP contribution in [0.2, 0.25) is 0 Å². The number of nitrogens with zero attached hydrogens (tertiary/aromatic N) is 1. The van der Waals surface area contributed by atoms with Crippen LogP contribution in [0, 0.1) is 6.92 Å². The third-order valence-electron chi connectivity index (χ3n) is 1.84. The fraction of sp³-hybridized carbons (Fsp3) is 0.167. The van der Waals surface area contributed by atoms with Crippen LogP contribution in [-0.4, -0.2) is 10.9 Å². The topological polar surface area (TPSA) is 42.0 Å². The van der Waals surface area contributed by atoms with Gasteiger partial charge in [0.2, 0.25) is 5.91 Å². The second kappa shape index (κ2) is 6.23. The fourth-order valence-electron chi connectivity index (χ4n) is 1.08. The van der Waals surface area contributed by atoms with Gasteiger partial charge in [0.1, 0.15) is 5.82 Å². The van der Waals surface area contributed by atoms with E-state index in [4.69, 9.17) is 0 Å². The molecule has 1 heterocycles. The number of aryl methyl sites for hydroxylation is 1. The summed E-state index contributed by atoms with van der Waals surface area (Å²) in [6.07, 6.45) is 8.44. The minimum absolute atomic E-state index is 0.184. The summed E-state index contributed by atoms with van der Waals surface area (Å²) >= 11 is 3.32. The third-order valence-corrected chi connectivity index (χ3v) is 2.27. The summed E-state index contributed by atoms with van der Waals surface area (Å²) < 4.78 is 0.896. The zero-order valence-electron chi connectivity index (χ0n) is 9.20. The first-order valence-electron chi connectivity index (χ1n) is 4.86. The normalized spacial score (nSPS) is 11.2. The Morgan fingerprint density at radius 2 is 2.25 bits per heavy atom. The van der Waals surface area contributed by atoms with Crippen LogP contribution in [0.1, 0.15) is 12.5 Å². The Bertz CT molecular complexity index is 439. The van der Waals surface area contributed by atoms with Gasteiger partial charge in [-0.15, -0.1) is 0 Å². The van der Waals surface area contributed by atoms with E-state index < -0.39 is 0 Å². The zero-order valence-corrected chi connectivity index (χ0v) is 10.8. The van der Waals surface area contributed by atoms with Crippen LogP contribution in [0.4, 0.5) is 5.82 Å². The molecule has 1 N–H and O–H groups in total. The van der Waals surface area contributed by atoms with Crippen molar-refractivity contribution in [3.8, 4) is 0 Å². The van der Waals surface area contributed by atoms with Gasteiger partial charge in [-0.2, -0.15) is 0 Å². The molecule has 1 amide bonds. The fourth-order valence-corrected chi connectivity index (χ4v) is 1.53. The summed E-state index contributed by atoms with van der Waals surface area (Å²) in [5.74, 6) is 0.398. The Hall–Kier alpha value is -1.42. The molecule has 0 saturated carbocycles. The first-order valence-corrected chi connectivity index (χ1v) is 5.65. The average Bonchev–Trinajstić information content (AvgIpc) is 2.23. The molecule has 0 unspecified atom stereocenters. The summed E-state index contributed by atoms with van der Waals surface area (Å²) in [5, 5.41) is 2.70. The monoisotopic (exact) mass is 280 g/mol. The van der Waals surface area contributed by atoms with E-state index in [9.17, 15) is 4.79 Å². The molecular weight excluding hydrogens is 268 g/mol. The van der Waals surface area contributed by atoms with Gasteiger partial charge in [0.15, 0.2) is 0 Å². The first-order chi connectivity index (χ1) is 7.63. The van der Waals surface area contributed by atoms with E-state index in [-0.39, 0.29) is 5.91 Å². The molecule has 3 nitrogen and oxygen atoms in total. The predicted molar refractivity (Wildman–Crippen MR) is 69.3 cm³/mol. The second-order valence-electron chi connectivity index (χ2n) is 3.19. The number of aromatic nitrogens is 1. The number of hydrogen-bond donors (Lipinski definition) is 1. The highest BCUT2D eigenvalue weighted by Crippen LogP contribution is 2.16. The number of nitrogens with one attached hydrogen (secondary N) is 1. The quantitative estimate of drug-likeness (QED) is 0.682. The minimum atomic E-state index is -0.184. The van der Waals surface area contributed by atoms with E-state index in [0.717, 1.165) is 10.0 Å². The van der Waals surface area contributed by atoms with Crippen molar-refractivity contribution in [2.24, 2.45) is 0 Å². The summed E-state index contributed by atoms with van der Waals surface area (Å²) in [7, 11) is 0. The third kappa shape index (κ3) is 3.98. The van der Waals surface area contributed by atoms with Crippen LogP contribution in [0.5, 0.6) is 0 Å². The van der Waals surface area contributed by atoms with Crippen molar-refractivity contribution in [3.63, 3.8) is 0 Å². The molecule has 1 aromatic heterocycles. The van der Waals surface area contributed by atoms with Crippen LogP contribution in [-0.2, 0) is 4.79 Å². The van der Waals surface area contributed by atoms with Crippen LogP contribution in [0.15, 0.2) is 41.0 Å². The smallest absolute Gasteiger partial charge is 0.249 e. The van der Waals surface area contributed by atoms with Crippen molar-refractivity contribution in [3.05, 3.63) is 46.6 Å². The Balaban J connectivity index is 2.70. The molecule has 0 saturated heterocycles. The molecule has 84 valence electrons.